The van der Waals surface area contributed by atoms with E-state index < -0.39 is 23.2 Å². The summed E-state index contributed by atoms with van der Waals surface area (Å²) in [6, 6.07) is 13.9. The van der Waals surface area contributed by atoms with Crippen molar-refractivity contribution in [2.24, 2.45) is 5.92 Å². The minimum absolute atomic E-state index is 0.0149. The Morgan fingerprint density at radius 1 is 0.717 bits per heavy atom. The third-order valence-electron chi connectivity index (χ3n) is 8.70. The molecule has 0 amide bonds. The molecule has 0 saturated heterocycles. The number of hydrogen-bond donors (Lipinski definition) is 1. The molecule has 1 heterocycles. The van der Waals surface area contributed by atoms with Crippen LogP contribution in [0.4, 0.5) is 0 Å². The van der Waals surface area contributed by atoms with Gasteiger partial charge in [0.25, 0.3) is 5.56 Å². The number of carboxylic acids is 1. The Balaban J connectivity index is 1.61. The van der Waals surface area contributed by atoms with Gasteiger partial charge in [-0.05, 0) is 49.6 Å². The van der Waals surface area contributed by atoms with E-state index in [0.717, 1.165) is 19.3 Å². The van der Waals surface area contributed by atoms with Crippen LogP contribution in [0.5, 0.6) is 0 Å². The molecule has 0 radical (unpaired) electrons. The summed E-state index contributed by atoms with van der Waals surface area (Å²) >= 11 is 12.3. The van der Waals surface area contributed by atoms with Gasteiger partial charge in [-0.2, -0.15) is 5.10 Å². The summed E-state index contributed by atoms with van der Waals surface area (Å²) in [7, 11) is 0. The van der Waals surface area contributed by atoms with E-state index >= 15 is 0 Å². The lowest BCUT2D eigenvalue weighted by Crippen LogP contribution is -2.31. The fourth-order valence-electron chi connectivity index (χ4n) is 6.01. The highest BCUT2D eigenvalue weighted by atomic mass is 35.5. The maximum absolute atomic E-state index is 13.7. The Kier molecular flexibility index (Phi) is 16.6. The number of benzene rings is 2. The number of carboxylic acid groups (broad SMARTS) is 1. The van der Waals surface area contributed by atoms with Crippen LogP contribution in [0, 0.1) is 5.92 Å². The fourth-order valence-corrected chi connectivity index (χ4v) is 6.26. The Hall–Kier alpha value is -2.96. The second-order valence-corrected chi connectivity index (χ2v) is 13.3. The second-order valence-electron chi connectivity index (χ2n) is 12.4. The van der Waals surface area contributed by atoms with Crippen LogP contribution in [0.15, 0.2) is 53.3 Å². The third kappa shape index (κ3) is 12.0. The number of ketones is 1. The summed E-state index contributed by atoms with van der Waals surface area (Å²) in [5, 5.41) is 15.7. The number of hydrogen-bond acceptors (Lipinski definition) is 4. The molecule has 8 heteroatoms. The topological polar surface area (TPSA) is 89.3 Å². The normalized spacial score (nSPS) is 11.9. The lowest BCUT2D eigenvalue weighted by atomic mass is 9.93. The number of aliphatic carboxylic acids is 1. The molecule has 46 heavy (non-hydrogen) atoms. The molecule has 3 aromatic rings. The van der Waals surface area contributed by atoms with Gasteiger partial charge in [0.05, 0.1) is 17.2 Å². The van der Waals surface area contributed by atoms with Gasteiger partial charge in [0, 0.05) is 27.7 Å². The summed E-state index contributed by atoms with van der Waals surface area (Å²) in [5.74, 6) is -1.86. The molecular formula is C38H50Cl2N2O4. The molecule has 0 aliphatic rings. The van der Waals surface area contributed by atoms with Crippen molar-refractivity contribution >= 4 is 35.0 Å². The average Bonchev–Trinajstić information content (AvgIpc) is 3.03. The molecule has 0 bridgehead atoms. The van der Waals surface area contributed by atoms with Gasteiger partial charge < -0.3 is 5.11 Å². The highest BCUT2D eigenvalue weighted by Gasteiger charge is 2.24. The molecular weight excluding hydrogens is 619 g/mol. The predicted molar refractivity (Wildman–Crippen MR) is 190 cm³/mol. The molecule has 0 aliphatic heterocycles. The van der Waals surface area contributed by atoms with E-state index in [1.165, 1.54) is 82.2 Å². The van der Waals surface area contributed by atoms with Crippen LogP contribution in [-0.4, -0.2) is 26.6 Å². The van der Waals surface area contributed by atoms with Gasteiger partial charge in [-0.15, -0.1) is 0 Å². The average molecular weight is 670 g/mol. The molecule has 1 unspecified atom stereocenters. The van der Waals surface area contributed by atoms with Gasteiger partial charge >= 0.3 is 5.97 Å². The van der Waals surface area contributed by atoms with E-state index in [9.17, 15) is 19.5 Å². The lowest BCUT2D eigenvalue weighted by molar-refractivity contribution is -0.142. The van der Waals surface area contributed by atoms with Crippen molar-refractivity contribution < 1.29 is 14.7 Å². The minimum atomic E-state index is -0.870. The van der Waals surface area contributed by atoms with Gasteiger partial charge in [0.15, 0.2) is 5.78 Å². The monoisotopic (exact) mass is 668 g/mol. The van der Waals surface area contributed by atoms with E-state index in [1.54, 1.807) is 48.5 Å². The number of Topliss-reactive ketones (excluding diaryl/α,β-unsaturated/α-hetero) is 1. The zero-order chi connectivity index (χ0) is 33.3. The molecule has 6 nitrogen and oxygen atoms in total. The van der Waals surface area contributed by atoms with Crippen molar-refractivity contribution in [2.45, 2.75) is 123 Å². The number of carbonyl (C=O) groups excluding carboxylic acids is 1. The van der Waals surface area contributed by atoms with Crippen LogP contribution in [-0.2, 0) is 11.3 Å². The summed E-state index contributed by atoms with van der Waals surface area (Å²) in [4.78, 5) is 38.8. The molecule has 1 atom stereocenters. The van der Waals surface area contributed by atoms with Crippen molar-refractivity contribution in [2.75, 3.05) is 0 Å². The number of rotatable bonds is 22. The first-order chi connectivity index (χ1) is 22.2. The van der Waals surface area contributed by atoms with Crippen LogP contribution in [0.1, 0.15) is 127 Å². The number of aryl methyl sites for hydroxylation is 1. The zero-order valence-electron chi connectivity index (χ0n) is 27.5. The van der Waals surface area contributed by atoms with Crippen molar-refractivity contribution in [1.29, 1.82) is 0 Å². The van der Waals surface area contributed by atoms with Gasteiger partial charge in [-0.25, -0.2) is 4.68 Å². The number of carbonyl (C=O) groups is 2. The highest BCUT2D eigenvalue weighted by Crippen LogP contribution is 2.34. The van der Waals surface area contributed by atoms with Crippen LogP contribution in [0.2, 0.25) is 10.0 Å². The number of halogens is 2. The summed E-state index contributed by atoms with van der Waals surface area (Å²) in [6.45, 7) is 3.71. The molecule has 0 fully saturated rings. The third-order valence-corrected chi connectivity index (χ3v) is 9.21. The maximum Gasteiger partial charge on any atom is 0.306 e. The van der Waals surface area contributed by atoms with Crippen molar-refractivity contribution in [3.63, 3.8) is 0 Å². The Bertz CT molecular complexity index is 1430. The molecule has 0 spiro atoms. The fraction of sp³-hybridized carbons (Fsp3) is 0.526. The first kappa shape index (κ1) is 37.5. The Labute approximate surface area is 284 Å². The minimum Gasteiger partial charge on any atom is -0.481 e. The van der Waals surface area contributed by atoms with Gasteiger partial charge in [0.2, 0.25) is 0 Å². The lowest BCUT2D eigenvalue weighted by Gasteiger charge is -2.18. The predicted octanol–water partition coefficient (Wildman–Crippen LogP) is 11.0. The smallest absolute Gasteiger partial charge is 0.306 e. The largest absolute Gasteiger partial charge is 0.481 e. The molecule has 3 rings (SSSR count). The second kappa shape index (κ2) is 20.3. The SMILES string of the molecule is CCCCCCCCCCCCCCCCC(CCn1nc(-c2ccc(Cl)cc2)c(-c2ccc(Cl)cc2)c(C(C)=O)c1=O)C(=O)O. The van der Waals surface area contributed by atoms with Crippen molar-refractivity contribution in [3.05, 3.63) is 74.5 Å². The van der Waals surface area contributed by atoms with Gasteiger partial charge in [-0.1, -0.05) is 144 Å². The van der Waals surface area contributed by atoms with Gasteiger partial charge in [0.1, 0.15) is 0 Å². The number of aromatic nitrogens is 2. The Morgan fingerprint density at radius 3 is 1.63 bits per heavy atom. The summed E-state index contributed by atoms with van der Waals surface area (Å²) in [5.41, 5.74) is 1.67. The van der Waals surface area contributed by atoms with E-state index in [2.05, 4.69) is 6.92 Å². The zero-order valence-corrected chi connectivity index (χ0v) is 29.1. The maximum atomic E-state index is 13.7. The molecule has 0 saturated carbocycles. The molecule has 1 aromatic heterocycles. The van der Waals surface area contributed by atoms with Crippen molar-refractivity contribution in [3.8, 4) is 22.4 Å². The van der Waals surface area contributed by atoms with Crippen LogP contribution in [0.25, 0.3) is 22.4 Å². The van der Waals surface area contributed by atoms with Crippen LogP contribution >= 0.6 is 23.2 Å². The molecule has 250 valence electrons. The molecule has 0 aliphatic carbocycles. The quantitative estimate of drug-likeness (QED) is 0.0849. The molecule has 2 aromatic carbocycles. The van der Waals surface area contributed by atoms with E-state index in [0.29, 0.717) is 38.9 Å². The van der Waals surface area contributed by atoms with E-state index in [-0.39, 0.29) is 18.5 Å². The highest BCUT2D eigenvalue weighted by molar-refractivity contribution is 6.31. The van der Waals surface area contributed by atoms with Crippen LogP contribution in [0.3, 0.4) is 0 Å². The van der Waals surface area contributed by atoms with Crippen molar-refractivity contribution in [1.82, 2.24) is 9.78 Å². The summed E-state index contributed by atoms with van der Waals surface area (Å²) < 4.78 is 1.25. The first-order valence-corrected chi connectivity index (χ1v) is 17.9. The van der Waals surface area contributed by atoms with Gasteiger partial charge in [-0.3, -0.25) is 14.4 Å². The van der Waals surface area contributed by atoms with E-state index in [4.69, 9.17) is 28.3 Å². The number of nitrogens with zero attached hydrogens (tertiary/aromatic N) is 2. The van der Waals surface area contributed by atoms with E-state index in [1.807, 2.05) is 0 Å². The molecule has 1 N–H and O–H groups in total. The van der Waals surface area contributed by atoms with Crippen LogP contribution < -0.4 is 5.56 Å². The summed E-state index contributed by atoms with van der Waals surface area (Å²) in [6.07, 6.45) is 18.2. The Morgan fingerprint density at radius 2 is 1.17 bits per heavy atom. The first-order valence-electron chi connectivity index (χ1n) is 17.1. The number of unbranched alkanes of at least 4 members (excludes halogenated alkanes) is 13. The standard InChI is InChI=1S/C38H50Cl2N2O4/c1-3-4-5-6-7-8-9-10-11-12-13-14-15-16-17-31(38(45)46)26-27-42-37(44)34(28(2)43)35(29-18-22-32(39)23-19-29)36(41-42)30-20-24-33(40)25-21-30/h18-25,31H,3-17,26-27H2,1-2H3,(H,45,46).